The van der Waals surface area contributed by atoms with Gasteiger partial charge in [-0.3, -0.25) is 0 Å². The lowest BCUT2D eigenvalue weighted by atomic mass is 10.0. The van der Waals surface area contributed by atoms with Gasteiger partial charge in [0.05, 0.1) is 6.10 Å². The average molecular weight is 277 g/mol. The van der Waals surface area contributed by atoms with Crippen molar-refractivity contribution in [3.05, 3.63) is 47.3 Å². The van der Waals surface area contributed by atoms with Gasteiger partial charge in [-0.05, 0) is 36.1 Å². The average Bonchev–Trinajstić information content (AvgIpc) is 2.74. The molecule has 0 spiro atoms. The fraction of sp³-hybridized carbons (Fsp3) is 0.467. The highest BCUT2D eigenvalue weighted by Gasteiger charge is 2.15. The van der Waals surface area contributed by atoms with Crippen LogP contribution in [-0.4, -0.2) is 19.9 Å². The minimum Gasteiger partial charge on any atom is -0.388 e. The van der Waals surface area contributed by atoms with Gasteiger partial charge in [-0.1, -0.05) is 19.9 Å². The number of hydrogen-bond donors (Lipinski definition) is 1. The van der Waals surface area contributed by atoms with Crippen LogP contribution in [0.25, 0.3) is 0 Å². The Kier molecular flexibility index (Phi) is 4.49. The zero-order chi connectivity index (χ0) is 14.7. The summed E-state index contributed by atoms with van der Waals surface area (Å²) in [4.78, 5) is 4.18. The molecule has 108 valence electrons. The summed E-state index contributed by atoms with van der Waals surface area (Å²) in [5.74, 6) is 0.833. The number of aromatic nitrogens is 3. The molecule has 1 atom stereocenters. The minimum absolute atomic E-state index is 0.329. The molecule has 0 aliphatic rings. The largest absolute Gasteiger partial charge is 0.388 e. The van der Waals surface area contributed by atoms with E-state index in [0.29, 0.717) is 23.7 Å². The zero-order valence-electron chi connectivity index (χ0n) is 12.0. The molecule has 1 heterocycles. The molecule has 0 aliphatic heterocycles. The molecule has 2 rings (SSSR count). The second-order valence-electron chi connectivity index (χ2n) is 5.53. The van der Waals surface area contributed by atoms with Crippen LogP contribution in [0.2, 0.25) is 0 Å². The second-order valence-corrected chi connectivity index (χ2v) is 5.53. The summed E-state index contributed by atoms with van der Waals surface area (Å²) in [6, 6.07) is 4.59. The maximum absolute atomic E-state index is 13.4. The summed E-state index contributed by atoms with van der Waals surface area (Å²) in [5, 5.41) is 14.4. The van der Waals surface area contributed by atoms with Crippen LogP contribution in [-0.2, 0) is 13.0 Å². The topological polar surface area (TPSA) is 50.9 Å². The lowest BCUT2D eigenvalue weighted by Crippen LogP contribution is -2.13. The molecule has 0 amide bonds. The first-order valence-electron chi connectivity index (χ1n) is 6.77. The van der Waals surface area contributed by atoms with Crippen LogP contribution >= 0.6 is 0 Å². The van der Waals surface area contributed by atoms with E-state index in [1.807, 2.05) is 0 Å². The molecule has 2 aromatic rings. The van der Waals surface area contributed by atoms with Crippen LogP contribution in [0.3, 0.4) is 0 Å². The Morgan fingerprint density at radius 2 is 2.05 bits per heavy atom. The van der Waals surface area contributed by atoms with Crippen molar-refractivity contribution in [1.29, 1.82) is 0 Å². The molecular formula is C15H20FN3O. The van der Waals surface area contributed by atoms with Crippen molar-refractivity contribution in [3.63, 3.8) is 0 Å². The summed E-state index contributed by atoms with van der Waals surface area (Å²) in [7, 11) is 0. The van der Waals surface area contributed by atoms with Gasteiger partial charge in [0, 0.05) is 13.0 Å². The van der Waals surface area contributed by atoms with Gasteiger partial charge in [0.2, 0.25) is 0 Å². The first kappa shape index (κ1) is 14.7. The van der Waals surface area contributed by atoms with Gasteiger partial charge in [0.1, 0.15) is 18.0 Å². The number of nitrogens with zero attached hydrogens (tertiary/aromatic N) is 3. The fourth-order valence-corrected chi connectivity index (χ4v) is 2.19. The van der Waals surface area contributed by atoms with Crippen LogP contribution in [0.5, 0.6) is 0 Å². The van der Waals surface area contributed by atoms with E-state index in [-0.39, 0.29) is 5.82 Å². The standard InChI is InChI=1S/C15H20FN3O/c1-10(2)8-19-15(17-9-18-19)7-14(20)12-4-11(3)5-13(16)6-12/h4-6,9-10,14,20H,7-8H2,1-3H3. The van der Waals surface area contributed by atoms with Gasteiger partial charge < -0.3 is 5.11 Å². The number of benzene rings is 1. The third kappa shape index (κ3) is 3.63. The highest BCUT2D eigenvalue weighted by Crippen LogP contribution is 2.20. The van der Waals surface area contributed by atoms with E-state index in [0.717, 1.165) is 12.1 Å². The summed E-state index contributed by atoms with van der Waals surface area (Å²) >= 11 is 0. The van der Waals surface area contributed by atoms with Gasteiger partial charge in [-0.2, -0.15) is 5.10 Å². The predicted molar refractivity (Wildman–Crippen MR) is 74.7 cm³/mol. The Bertz CT molecular complexity index is 560. The molecule has 5 heteroatoms. The van der Waals surface area contributed by atoms with E-state index in [1.54, 1.807) is 17.7 Å². The van der Waals surface area contributed by atoms with Gasteiger partial charge in [-0.15, -0.1) is 0 Å². The van der Waals surface area contributed by atoms with Crippen molar-refractivity contribution in [1.82, 2.24) is 14.8 Å². The van der Waals surface area contributed by atoms with E-state index >= 15 is 0 Å². The van der Waals surface area contributed by atoms with E-state index in [1.165, 1.54) is 18.5 Å². The molecule has 0 aliphatic carbocycles. The first-order chi connectivity index (χ1) is 9.45. The molecule has 1 N–H and O–H groups in total. The Morgan fingerprint density at radius 1 is 1.30 bits per heavy atom. The van der Waals surface area contributed by atoms with Crippen molar-refractivity contribution in [2.45, 2.75) is 39.8 Å². The third-order valence-corrected chi connectivity index (χ3v) is 3.06. The van der Waals surface area contributed by atoms with Crippen LogP contribution in [0, 0.1) is 18.7 Å². The van der Waals surface area contributed by atoms with Crippen molar-refractivity contribution in [3.8, 4) is 0 Å². The number of aryl methyl sites for hydroxylation is 1. The van der Waals surface area contributed by atoms with Crippen LogP contribution in [0.4, 0.5) is 4.39 Å². The molecule has 4 nitrogen and oxygen atoms in total. The number of rotatable bonds is 5. The first-order valence-corrected chi connectivity index (χ1v) is 6.77. The maximum Gasteiger partial charge on any atom is 0.138 e. The van der Waals surface area contributed by atoms with Gasteiger partial charge >= 0.3 is 0 Å². The zero-order valence-corrected chi connectivity index (χ0v) is 12.0. The molecule has 0 saturated carbocycles. The van der Waals surface area contributed by atoms with Gasteiger partial charge in [0.15, 0.2) is 0 Å². The predicted octanol–water partition coefficient (Wildman–Crippen LogP) is 2.66. The van der Waals surface area contributed by atoms with Crippen molar-refractivity contribution >= 4 is 0 Å². The Hall–Kier alpha value is -1.75. The lowest BCUT2D eigenvalue weighted by molar-refractivity contribution is 0.173. The molecule has 1 aromatic heterocycles. The molecular weight excluding hydrogens is 257 g/mol. The van der Waals surface area contributed by atoms with E-state index in [4.69, 9.17) is 0 Å². The number of hydrogen-bond acceptors (Lipinski definition) is 3. The van der Waals surface area contributed by atoms with Crippen LogP contribution < -0.4 is 0 Å². The normalized spacial score (nSPS) is 12.9. The van der Waals surface area contributed by atoms with E-state index in [2.05, 4.69) is 23.9 Å². The monoisotopic (exact) mass is 277 g/mol. The van der Waals surface area contributed by atoms with E-state index < -0.39 is 6.10 Å². The van der Waals surface area contributed by atoms with Crippen LogP contribution in [0.1, 0.15) is 36.9 Å². The SMILES string of the molecule is Cc1cc(F)cc(C(O)Cc2ncnn2CC(C)C)c1. The summed E-state index contributed by atoms with van der Waals surface area (Å²) in [6.07, 6.45) is 1.04. The summed E-state index contributed by atoms with van der Waals surface area (Å²) in [6.45, 7) is 6.75. The summed E-state index contributed by atoms with van der Waals surface area (Å²) < 4.78 is 15.2. The molecule has 0 bridgehead atoms. The summed E-state index contributed by atoms with van der Waals surface area (Å²) in [5.41, 5.74) is 1.37. The highest BCUT2D eigenvalue weighted by molar-refractivity contribution is 5.25. The molecule has 20 heavy (non-hydrogen) atoms. The number of aliphatic hydroxyl groups excluding tert-OH is 1. The number of halogens is 1. The molecule has 1 aromatic carbocycles. The smallest absolute Gasteiger partial charge is 0.138 e. The molecule has 1 unspecified atom stereocenters. The van der Waals surface area contributed by atoms with Gasteiger partial charge in [0.25, 0.3) is 0 Å². The Morgan fingerprint density at radius 3 is 2.70 bits per heavy atom. The molecule has 0 saturated heterocycles. The van der Waals surface area contributed by atoms with Crippen molar-refractivity contribution in [2.24, 2.45) is 5.92 Å². The van der Waals surface area contributed by atoms with E-state index in [9.17, 15) is 9.50 Å². The molecule has 0 radical (unpaired) electrons. The second kappa shape index (κ2) is 6.13. The Labute approximate surface area is 118 Å². The van der Waals surface area contributed by atoms with Crippen molar-refractivity contribution in [2.75, 3.05) is 0 Å². The fourth-order valence-electron chi connectivity index (χ4n) is 2.19. The Balaban J connectivity index is 2.15. The third-order valence-electron chi connectivity index (χ3n) is 3.06. The maximum atomic E-state index is 13.4. The quantitative estimate of drug-likeness (QED) is 0.914. The van der Waals surface area contributed by atoms with Crippen molar-refractivity contribution < 1.29 is 9.50 Å². The lowest BCUT2D eigenvalue weighted by Gasteiger charge is -2.13. The highest BCUT2D eigenvalue weighted by atomic mass is 19.1. The van der Waals surface area contributed by atoms with Gasteiger partial charge in [-0.25, -0.2) is 14.1 Å². The minimum atomic E-state index is -0.778. The number of aliphatic hydroxyl groups is 1. The van der Waals surface area contributed by atoms with Crippen LogP contribution in [0.15, 0.2) is 24.5 Å². The molecule has 0 fully saturated rings.